The van der Waals surface area contributed by atoms with Crippen LogP contribution in [0.5, 0.6) is 0 Å². The second-order valence-electron chi connectivity index (χ2n) is 3.61. The third-order valence-corrected chi connectivity index (χ3v) is 4.26. The van der Waals surface area contributed by atoms with E-state index in [-0.39, 0.29) is 0 Å². The lowest BCUT2D eigenvalue weighted by molar-refractivity contribution is 0.575. The van der Waals surface area contributed by atoms with Crippen LogP contribution in [-0.2, 0) is 10.0 Å². The zero-order valence-corrected chi connectivity index (χ0v) is 12.7. The highest BCUT2D eigenvalue weighted by molar-refractivity contribution is 14.1. The molecular weight excluding hydrogens is 351 g/mol. The summed E-state index contributed by atoms with van der Waals surface area (Å²) in [7, 11) is -3.36. The average Bonchev–Trinajstić information content (AvgIpc) is 2.29. The van der Waals surface area contributed by atoms with Gasteiger partial charge in [0.25, 0.3) is 0 Å². The predicted molar refractivity (Wildman–Crippen MR) is 77.5 cm³/mol. The van der Waals surface area contributed by atoms with E-state index in [0.717, 1.165) is 16.5 Å². The first-order valence-corrected chi connectivity index (χ1v) is 8.08. The topological polar surface area (TPSA) is 58.2 Å². The molecule has 0 aliphatic heterocycles. The molecule has 0 aliphatic rings. The summed E-state index contributed by atoms with van der Waals surface area (Å²) >= 11 is 2.10. The first-order valence-electron chi connectivity index (χ1n) is 5.52. The Balaban J connectivity index is 2.51. The van der Waals surface area contributed by atoms with Crippen LogP contribution in [0, 0.1) is 3.57 Å². The van der Waals surface area contributed by atoms with Gasteiger partial charge in [0.05, 0.1) is 4.90 Å². The lowest BCUT2D eigenvalue weighted by Crippen LogP contribution is -2.32. The maximum atomic E-state index is 11.9. The first kappa shape index (κ1) is 14.9. The van der Waals surface area contributed by atoms with Crippen molar-refractivity contribution in [2.45, 2.75) is 18.2 Å². The van der Waals surface area contributed by atoms with Crippen LogP contribution in [-0.4, -0.2) is 28.1 Å². The molecule has 96 valence electrons. The van der Waals surface area contributed by atoms with Gasteiger partial charge in [0.1, 0.15) is 0 Å². The summed E-state index contributed by atoms with van der Waals surface area (Å²) in [5.41, 5.74) is 0. The first-order chi connectivity index (χ1) is 8.06. The van der Waals surface area contributed by atoms with Gasteiger partial charge in [-0.25, -0.2) is 13.1 Å². The fourth-order valence-electron chi connectivity index (χ4n) is 1.29. The van der Waals surface area contributed by atoms with Gasteiger partial charge in [-0.05, 0) is 53.8 Å². The summed E-state index contributed by atoms with van der Waals surface area (Å²) in [6, 6.07) is 6.86. The minimum absolute atomic E-state index is 0.319. The number of nitrogens with one attached hydrogen (secondary N) is 2. The molecule has 0 amide bonds. The molecule has 1 aromatic carbocycles. The van der Waals surface area contributed by atoms with Crippen molar-refractivity contribution in [3.05, 3.63) is 27.8 Å². The quantitative estimate of drug-likeness (QED) is 0.568. The van der Waals surface area contributed by atoms with E-state index in [4.69, 9.17) is 0 Å². The number of hydrogen-bond donors (Lipinski definition) is 2. The van der Waals surface area contributed by atoms with Crippen molar-refractivity contribution in [3.8, 4) is 0 Å². The standard InChI is InChI=1S/C11H17IN2O2S/c1-2-6-13-7-8-14-17(15,16)11-5-3-4-10(12)9-11/h3-5,9,13-14H,2,6-8H2,1H3. The summed E-state index contributed by atoms with van der Waals surface area (Å²) in [6.45, 7) is 4.04. The summed E-state index contributed by atoms with van der Waals surface area (Å²) in [4.78, 5) is 0.319. The number of benzene rings is 1. The fourth-order valence-corrected chi connectivity index (χ4v) is 3.12. The van der Waals surface area contributed by atoms with Crippen molar-refractivity contribution in [3.63, 3.8) is 0 Å². The summed E-state index contributed by atoms with van der Waals surface area (Å²) in [5.74, 6) is 0. The van der Waals surface area contributed by atoms with Gasteiger partial charge in [-0.3, -0.25) is 0 Å². The Bertz CT molecular complexity index is 449. The largest absolute Gasteiger partial charge is 0.315 e. The van der Waals surface area contributed by atoms with E-state index in [2.05, 4.69) is 39.6 Å². The molecule has 0 aromatic heterocycles. The van der Waals surface area contributed by atoms with E-state index < -0.39 is 10.0 Å². The molecule has 0 saturated heterocycles. The lowest BCUT2D eigenvalue weighted by atomic mass is 10.4. The molecule has 0 unspecified atom stereocenters. The minimum Gasteiger partial charge on any atom is -0.315 e. The second kappa shape index (κ2) is 7.30. The average molecular weight is 368 g/mol. The number of sulfonamides is 1. The van der Waals surface area contributed by atoms with Crippen molar-refractivity contribution in [2.75, 3.05) is 19.6 Å². The Kier molecular flexibility index (Phi) is 6.39. The Labute approximate surface area is 116 Å². The molecular formula is C11H17IN2O2S. The molecule has 0 atom stereocenters. The third kappa shape index (κ3) is 5.33. The van der Waals surface area contributed by atoms with Gasteiger partial charge in [0.15, 0.2) is 0 Å². The van der Waals surface area contributed by atoms with Crippen LogP contribution in [0.1, 0.15) is 13.3 Å². The van der Waals surface area contributed by atoms with E-state index in [1.165, 1.54) is 0 Å². The van der Waals surface area contributed by atoms with Crippen LogP contribution in [0.25, 0.3) is 0 Å². The van der Waals surface area contributed by atoms with Crippen LogP contribution >= 0.6 is 22.6 Å². The fraction of sp³-hybridized carbons (Fsp3) is 0.455. The SMILES string of the molecule is CCCNCCNS(=O)(=O)c1cccc(I)c1. The van der Waals surface area contributed by atoms with Crippen LogP contribution < -0.4 is 10.0 Å². The van der Waals surface area contributed by atoms with Gasteiger partial charge < -0.3 is 5.32 Å². The normalized spacial score (nSPS) is 11.6. The van der Waals surface area contributed by atoms with Crippen LogP contribution in [0.15, 0.2) is 29.2 Å². The van der Waals surface area contributed by atoms with Gasteiger partial charge in [-0.15, -0.1) is 0 Å². The molecule has 1 aromatic rings. The van der Waals surface area contributed by atoms with Crippen molar-refractivity contribution >= 4 is 32.6 Å². The molecule has 1 rings (SSSR count). The predicted octanol–water partition coefficient (Wildman–Crippen LogP) is 1.57. The van der Waals surface area contributed by atoms with Crippen molar-refractivity contribution in [2.24, 2.45) is 0 Å². The molecule has 0 saturated carbocycles. The number of rotatable bonds is 7. The molecule has 0 spiro atoms. The summed E-state index contributed by atoms with van der Waals surface area (Å²) in [5, 5.41) is 3.14. The molecule has 0 aliphatic carbocycles. The van der Waals surface area contributed by atoms with Gasteiger partial charge >= 0.3 is 0 Å². The molecule has 17 heavy (non-hydrogen) atoms. The molecule has 2 N–H and O–H groups in total. The zero-order valence-electron chi connectivity index (χ0n) is 9.74. The Morgan fingerprint density at radius 1 is 1.24 bits per heavy atom. The maximum absolute atomic E-state index is 11.9. The van der Waals surface area contributed by atoms with Gasteiger partial charge in [0, 0.05) is 16.7 Å². The maximum Gasteiger partial charge on any atom is 0.240 e. The second-order valence-corrected chi connectivity index (χ2v) is 6.62. The third-order valence-electron chi connectivity index (χ3n) is 2.13. The van der Waals surface area contributed by atoms with Crippen molar-refractivity contribution in [1.82, 2.24) is 10.0 Å². The lowest BCUT2D eigenvalue weighted by Gasteiger charge is -2.07. The number of hydrogen-bond acceptors (Lipinski definition) is 3. The van der Waals surface area contributed by atoms with E-state index >= 15 is 0 Å². The molecule has 0 fully saturated rings. The van der Waals surface area contributed by atoms with E-state index in [1.54, 1.807) is 18.2 Å². The van der Waals surface area contributed by atoms with Gasteiger partial charge in [0.2, 0.25) is 10.0 Å². The van der Waals surface area contributed by atoms with Crippen LogP contribution in [0.2, 0.25) is 0 Å². The molecule has 4 nitrogen and oxygen atoms in total. The van der Waals surface area contributed by atoms with E-state index in [9.17, 15) is 8.42 Å². The summed E-state index contributed by atoms with van der Waals surface area (Å²) < 4.78 is 27.2. The molecule has 0 bridgehead atoms. The smallest absolute Gasteiger partial charge is 0.240 e. The Hall–Kier alpha value is -0.180. The van der Waals surface area contributed by atoms with Crippen LogP contribution in [0.4, 0.5) is 0 Å². The zero-order chi connectivity index (χ0) is 12.7. The Morgan fingerprint density at radius 3 is 2.65 bits per heavy atom. The molecule has 0 radical (unpaired) electrons. The minimum atomic E-state index is -3.36. The highest BCUT2D eigenvalue weighted by Crippen LogP contribution is 2.12. The Morgan fingerprint density at radius 2 is 2.00 bits per heavy atom. The van der Waals surface area contributed by atoms with Crippen molar-refractivity contribution in [1.29, 1.82) is 0 Å². The molecule has 0 heterocycles. The van der Waals surface area contributed by atoms with E-state index in [1.807, 2.05) is 6.07 Å². The highest BCUT2D eigenvalue weighted by Gasteiger charge is 2.12. The van der Waals surface area contributed by atoms with Gasteiger partial charge in [-0.2, -0.15) is 0 Å². The monoisotopic (exact) mass is 368 g/mol. The van der Waals surface area contributed by atoms with Crippen LogP contribution in [0.3, 0.4) is 0 Å². The van der Waals surface area contributed by atoms with Gasteiger partial charge in [-0.1, -0.05) is 13.0 Å². The van der Waals surface area contributed by atoms with Crippen molar-refractivity contribution < 1.29 is 8.42 Å². The highest BCUT2D eigenvalue weighted by atomic mass is 127. The summed E-state index contributed by atoms with van der Waals surface area (Å²) in [6.07, 6.45) is 1.05. The number of halogens is 1. The molecule has 6 heteroatoms. The van der Waals surface area contributed by atoms with E-state index in [0.29, 0.717) is 18.0 Å².